The second kappa shape index (κ2) is 7.44. The number of rotatable bonds is 4. The largest absolute Gasteiger partial charge is 0.252 e. The maximum atomic E-state index is 13.3. The molecule has 0 aliphatic heterocycles. The van der Waals surface area contributed by atoms with Crippen molar-refractivity contribution in [3.8, 4) is 22.4 Å². The SMILES string of the molecule is CC(C)c1nc(-c2ccc(F)cc2)cc(-c2ccc(F)cc2)c1CBr. The summed E-state index contributed by atoms with van der Waals surface area (Å²) in [6.07, 6.45) is 0. The maximum absolute atomic E-state index is 13.3. The van der Waals surface area contributed by atoms with Crippen LogP contribution in [-0.2, 0) is 5.33 Å². The third kappa shape index (κ3) is 3.79. The van der Waals surface area contributed by atoms with Crippen molar-refractivity contribution in [3.05, 3.63) is 77.5 Å². The third-order valence-electron chi connectivity index (χ3n) is 4.13. The molecule has 0 N–H and O–H groups in total. The van der Waals surface area contributed by atoms with E-state index in [1.54, 1.807) is 24.3 Å². The zero-order valence-corrected chi connectivity index (χ0v) is 15.6. The summed E-state index contributed by atoms with van der Waals surface area (Å²) < 4.78 is 26.6. The van der Waals surface area contributed by atoms with Crippen LogP contribution in [0.1, 0.15) is 31.0 Å². The number of halogens is 3. The molecule has 2 aromatic carbocycles. The zero-order chi connectivity index (χ0) is 18.0. The van der Waals surface area contributed by atoms with Gasteiger partial charge in [0.15, 0.2) is 0 Å². The van der Waals surface area contributed by atoms with Crippen LogP contribution >= 0.6 is 15.9 Å². The minimum Gasteiger partial charge on any atom is -0.252 e. The smallest absolute Gasteiger partial charge is 0.123 e. The van der Waals surface area contributed by atoms with E-state index in [-0.39, 0.29) is 17.6 Å². The predicted octanol–water partition coefficient (Wildman–Crippen LogP) is 6.71. The summed E-state index contributed by atoms with van der Waals surface area (Å²) in [5.74, 6) is -0.308. The maximum Gasteiger partial charge on any atom is 0.123 e. The highest BCUT2D eigenvalue weighted by atomic mass is 79.9. The Hall–Kier alpha value is -2.07. The van der Waals surface area contributed by atoms with Gasteiger partial charge in [-0.3, -0.25) is 4.98 Å². The molecule has 4 heteroatoms. The number of hydrogen-bond donors (Lipinski definition) is 0. The molecule has 1 aromatic heterocycles. The van der Waals surface area contributed by atoms with Gasteiger partial charge in [0.05, 0.1) is 5.69 Å². The summed E-state index contributed by atoms with van der Waals surface area (Å²) in [6.45, 7) is 4.19. The molecule has 25 heavy (non-hydrogen) atoms. The molecule has 3 aromatic rings. The van der Waals surface area contributed by atoms with Crippen LogP contribution in [0.4, 0.5) is 8.78 Å². The highest BCUT2D eigenvalue weighted by Gasteiger charge is 2.16. The van der Waals surface area contributed by atoms with Crippen molar-refractivity contribution in [1.29, 1.82) is 0 Å². The summed E-state index contributed by atoms with van der Waals surface area (Å²) in [5, 5.41) is 0.657. The monoisotopic (exact) mass is 401 g/mol. The van der Waals surface area contributed by atoms with Gasteiger partial charge in [-0.05, 0) is 65.1 Å². The molecule has 3 rings (SSSR count). The molecule has 1 heterocycles. The molecule has 0 aliphatic rings. The van der Waals surface area contributed by atoms with E-state index >= 15 is 0 Å². The lowest BCUT2D eigenvalue weighted by Crippen LogP contribution is -2.03. The topological polar surface area (TPSA) is 12.9 Å². The van der Waals surface area contributed by atoms with Gasteiger partial charge < -0.3 is 0 Å². The lowest BCUT2D eigenvalue weighted by Gasteiger charge is -2.18. The van der Waals surface area contributed by atoms with Crippen molar-refractivity contribution in [3.63, 3.8) is 0 Å². The fourth-order valence-corrected chi connectivity index (χ4v) is 3.45. The predicted molar refractivity (Wildman–Crippen MR) is 102 cm³/mol. The first kappa shape index (κ1) is 17.7. The Morgan fingerprint density at radius 2 is 1.40 bits per heavy atom. The summed E-state index contributed by atoms with van der Waals surface area (Å²) in [5.41, 5.74) is 5.66. The first-order valence-corrected chi connectivity index (χ1v) is 9.23. The second-order valence-corrected chi connectivity index (χ2v) is 6.78. The van der Waals surface area contributed by atoms with E-state index in [2.05, 4.69) is 29.8 Å². The highest BCUT2D eigenvalue weighted by Crippen LogP contribution is 2.34. The number of nitrogens with zero attached hydrogens (tertiary/aromatic N) is 1. The fraction of sp³-hybridized carbons (Fsp3) is 0.190. The molecule has 0 radical (unpaired) electrons. The summed E-state index contributed by atoms with van der Waals surface area (Å²) in [4.78, 5) is 4.82. The Morgan fingerprint density at radius 1 is 0.880 bits per heavy atom. The Balaban J connectivity index is 2.24. The Kier molecular flexibility index (Phi) is 5.28. The van der Waals surface area contributed by atoms with Gasteiger partial charge in [-0.1, -0.05) is 41.9 Å². The van der Waals surface area contributed by atoms with Crippen molar-refractivity contribution in [1.82, 2.24) is 4.98 Å². The number of alkyl halides is 1. The molecular formula is C21H18BrF2N. The van der Waals surface area contributed by atoms with E-state index in [1.807, 2.05) is 6.07 Å². The molecule has 0 unspecified atom stereocenters. The third-order valence-corrected chi connectivity index (χ3v) is 4.69. The van der Waals surface area contributed by atoms with E-state index in [1.165, 1.54) is 24.3 Å². The minimum atomic E-state index is -0.274. The van der Waals surface area contributed by atoms with Gasteiger partial charge in [-0.15, -0.1) is 0 Å². The first-order chi connectivity index (χ1) is 12.0. The summed E-state index contributed by atoms with van der Waals surface area (Å²) in [7, 11) is 0. The standard InChI is InChI=1S/C21H18BrF2N/c1-13(2)21-19(12-22)18(14-3-7-16(23)8-4-14)11-20(25-21)15-5-9-17(24)10-6-15/h3-11,13H,12H2,1-2H3. The van der Waals surface area contributed by atoms with Gasteiger partial charge in [0.1, 0.15) is 11.6 Å². The second-order valence-electron chi connectivity index (χ2n) is 6.22. The molecule has 0 saturated carbocycles. The van der Waals surface area contributed by atoms with Crippen LogP contribution in [0, 0.1) is 11.6 Å². The van der Waals surface area contributed by atoms with Gasteiger partial charge in [-0.25, -0.2) is 8.78 Å². The van der Waals surface area contributed by atoms with E-state index in [0.29, 0.717) is 5.33 Å². The minimum absolute atomic E-state index is 0.229. The van der Waals surface area contributed by atoms with Gasteiger partial charge >= 0.3 is 0 Å². The highest BCUT2D eigenvalue weighted by molar-refractivity contribution is 9.08. The normalized spacial score (nSPS) is 11.1. The zero-order valence-electron chi connectivity index (χ0n) is 14.1. The fourth-order valence-electron chi connectivity index (χ4n) is 2.86. The average Bonchev–Trinajstić information content (AvgIpc) is 2.62. The number of pyridine rings is 1. The Labute approximate surface area is 154 Å². The lowest BCUT2D eigenvalue weighted by molar-refractivity contribution is 0.627. The number of benzene rings is 2. The van der Waals surface area contributed by atoms with E-state index < -0.39 is 0 Å². The molecule has 128 valence electrons. The van der Waals surface area contributed by atoms with Gasteiger partial charge in [0.2, 0.25) is 0 Å². The van der Waals surface area contributed by atoms with Crippen LogP contribution in [0.2, 0.25) is 0 Å². The van der Waals surface area contributed by atoms with Crippen LogP contribution in [0.25, 0.3) is 22.4 Å². The van der Waals surface area contributed by atoms with Crippen LogP contribution in [0.3, 0.4) is 0 Å². The Morgan fingerprint density at radius 3 is 1.88 bits per heavy atom. The van der Waals surface area contributed by atoms with Crippen molar-refractivity contribution >= 4 is 15.9 Å². The van der Waals surface area contributed by atoms with Crippen LogP contribution in [-0.4, -0.2) is 4.98 Å². The van der Waals surface area contributed by atoms with Crippen molar-refractivity contribution in [2.24, 2.45) is 0 Å². The molecule has 0 amide bonds. The quantitative estimate of drug-likeness (QED) is 0.442. The van der Waals surface area contributed by atoms with Gasteiger partial charge in [0.25, 0.3) is 0 Å². The summed E-state index contributed by atoms with van der Waals surface area (Å²) >= 11 is 3.57. The van der Waals surface area contributed by atoms with Crippen LogP contribution in [0.15, 0.2) is 54.6 Å². The van der Waals surface area contributed by atoms with E-state index in [9.17, 15) is 8.78 Å². The molecule has 0 spiro atoms. The van der Waals surface area contributed by atoms with Crippen molar-refractivity contribution in [2.45, 2.75) is 25.1 Å². The molecular weight excluding hydrogens is 384 g/mol. The van der Waals surface area contributed by atoms with Gasteiger partial charge in [0, 0.05) is 16.6 Å². The van der Waals surface area contributed by atoms with E-state index in [0.717, 1.165) is 33.6 Å². The van der Waals surface area contributed by atoms with Crippen LogP contribution in [0.5, 0.6) is 0 Å². The molecule has 0 atom stereocenters. The molecule has 0 saturated heterocycles. The lowest BCUT2D eigenvalue weighted by atomic mass is 9.93. The molecule has 0 fully saturated rings. The number of hydrogen-bond acceptors (Lipinski definition) is 1. The summed E-state index contributed by atoms with van der Waals surface area (Å²) in [6, 6.07) is 14.8. The molecule has 0 aliphatic carbocycles. The Bertz CT molecular complexity index is 872. The number of aromatic nitrogens is 1. The molecule has 1 nitrogen and oxygen atoms in total. The van der Waals surface area contributed by atoms with Crippen LogP contribution < -0.4 is 0 Å². The first-order valence-electron chi connectivity index (χ1n) is 8.11. The molecule has 0 bridgehead atoms. The van der Waals surface area contributed by atoms with E-state index in [4.69, 9.17) is 4.98 Å². The van der Waals surface area contributed by atoms with Crippen molar-refractivity contribution < 1.29 is 8.78 Å². The van der Waals surface area contributed by atoms with Gasteiger partial charge in [-0.2, -0.15) is 0 Å². The average molecular weight is 402 g/mol. The van der Waals surface area contributed by atoms with Crippen molar-refractivity contribution in [2.75, 3.05) is 0 Å².